The fourth-order valence-electron chi connectivity index (χ4n) is 9.24. The Morgan fingerprint density at radius 1 is 1.04 bits per heavy atom. The maximum absolute atomic E-state index is 13.7. The molecule has 0 amide bonds. The highest BCUT2D eigenvalue weighted by Crippen LogP contribution is 2.38. The van der Waals surface area contributed by atoms with E-state index < -0.39 is 18.1 Å². The Hall–Kier alpha value is -4.49. The van der Waals surface area contributed by atoms with E-state index in [1.165, 1.54) is 7.11 Å². The smallest absolute Gasteiger partial charge is 0.160 e. The number of methoxy groups -OCH3 is 1. The van der Waals surface area contributed by atoms with Crippen LogP contribution in [-0.4, -0.2) is 63.8 Å². The molecule has 1 aliphatic heterocycles. The molecule has 2 fully saturated rings. The number of nitrogens with one attached hydrogen (secondary N) is 1. The van der Waals surface area contributed by atoms with Gasteiger partial charge in [0.05, 0.1) is 19.3 Å². The Morgan fingerprint density at radius 2 is 1.86 bits per heavy atom. The molecule has 6 N–H and O–H groups in total. The van der Waals surface area contributed by atoms with E-state index in [1.807, 2.05) is 42.6 Å². The quantitative estimate of drug-likeness (QED) is 0.0737. The van der Waals surface area contributed by atoms with Crippen LogP contribution in [-0.2, 0) is 22.4 Å². The number of anilines is 1. The molecule has 0 unspecified atom stereocenters. The molecule has 1 saturated carbocycles. The number of nitrogens with zero attached hydrogens (tertiary/aromatic N) is 1. The Kier molecular flexibility index (Phi) is 15.0. The summed E-state index contributed by atoms with van der Waals surface area (Å²) in [5, 5.41) is 37.6. The van der Waals surface area contributed by atoms with Gasteiger partial charge in [-0.2, -0.15) is 0 Å². The molecule has 2 aromatic carbocycles. The first kappa shape index (κ1) is 42.1. The fraction of sp³-hybridized carbons (Fsp3) is 0.521. The lowest BCUT2D eigenvalue weighted by molar-refractivity contribution is -0.124. The molecule has 9 heteroatoms. The lowest BCUT2D eigenvalue weighted by Gasteiger charge is -2.39. The van der Waals surface area contributed by atoms with Crippen LogP contribution in [0.5, 0.6) is 11.5 Å². The van der Waals surface area contributed by atoms with Gasteiger partial charge in [-0.25, -0.2) is 4.98 Å². The third-order valence-corrected chi connectivity index (χ3v) is 12.5. The van der Waals surface area contributed by atoms with Crippen molar-refractivity contribution < 1.29 is 29.6 Å². The van der Waals surface area contributed by atoms with Crippen molar-refractivity contribution >= 4 is 23.5 Å². The standard InChI is InChI=1S/C48H61N3O6/c1-3-33-30-51-48(49)28-42(33)35(14-13-31-9-5-4-6-10-31)24-38(52)19-15-34-17-21-40(45(55)22-18-36-25-47(57-2)46(56)27-41(34)36)44(54)12-8-7-11-32-23-37-16-20-39(53)26-43(37)50-29-32/h4-6,9-10,13-14,25,27-28,30,32,34-35,37-38,40,43-44,50,52,54,56H,3,7-8,11-12,15-16,18-20,22-24,26,29H2,1-2H3,(H2,49,51)/b14-13+/t32-,34+,35+,37+,38+,40+,43+,44+/m0/s1. The van der Waals surface area contributed by atoms with E-state index in [1.54, 1.807) is 12.1 Å². The number of pyridine rings is 1. The zero-order valence-corrected chi connectivity index (χ0v) is 33.7. The van der Waals surface area contributed by atoms with Gasteiger partial charge in [-0.3, -0.25) is 9.59 Å². The van der Waals surface area contributed by atoms with Crippen molar-refractivity contribution in [2.24, 2.45) is 17.8 Å². The van der Waals surface area contributed by atoms with Crippen molar-refractivity contribution in [2.45, 2.75) is 127 Å². The van der Waals surface area contributed by atoms with Crippen LogP contribution in [0.15, 0.2) is 60.8 Å². The van der Waals surface area contributed by atoms with Crippen LogP contribution in [0.1, 0.15) is 124 Å². The molecular weight excluding hydrogens is 715 g/mol. The molecule has 0 radical (unpaired) electrons. The Balaban J connectivity index is 1.14. The minimum absolute atomic E-state index is 0.0000900. The summed E-state index contributed by atoms with van der Waals surface area (Å²) in [7, 11) is 1.50. The summed E-state index contributed by atoms with van der Waals surface area (Å²) >= 11 is 0. The molecule has 2 heterocycles. The van der Waals surface area contributed by atoms with Gasteiger partial charge in [0.2, 0.25) is 0 Å². The number of carbonyl (C=O) groups excluding carboxylic acids is 2. The second kappa shape index (κ2) is 20.3. The summed E-state index contributed by atoms with van der Waals surface area (Å²) in [4.78, 5) is 29.9. The number of phenolic OH excluding ortho intramolecular Hbond substituents is 1. The molecule has 9 nitrogen and oxygen atoms in total. The monoisotopic (exact) mass is 775 g/mol. The Bertz CT molecular complexity index is 1920. The van der Waals surface area contributed by atoms with Crippen LogP contribution in [0.3, 0.4) is 0 Å². The number of ether oxygens (including phenoxy) is 1. The number of aromatic nitrogens is 1. The van der Waals surface area contributed by atoms with E-state index in [-0.39, 0.29) is 29.8 Å². The number of allylic oxidation sites excluding steroid dienone is 1. The van der Waals surface area contributed by atoms with Crippen molar-refractivity contribution in [1.29, 1.82) is 0 Å². The van der Waals surface area contributed by atoms with Crippen molar-refractivity contribution in [1.82, 2.24) is 10.3 Å². The number of phenols is 1. The van der Waals surface area contributed by atoms with Crippen LogP contribution in [0, 0.1) is 29.6 Å². The Morgan fingerprint density at radius 3 is 2.65 bits per heavy atom. The molecule has 57 heavy (non-hydrogen) atoms. The van der Waals surface area contributed by atoms with E-state index >= 15 is 0 Å². The zero-order valence-electron chi connectivity index (χ0n) is 33.7. The maximum atomic E-state index is 13.7. The number of hydrogen-bond donors (Lipinski definition) is 5. The minimum Gasteiger partial charge on any atom is -0.504 e. The first-order valence-electron chi connectivity index (χ1n) is 21.1. The molecule has 8 atom stereocenters. The van der Waals surface area contributed by atoms with Crippen LogP contribution < -0.4 is 15.8 Å². The Labute approximate surface area is 338 Å². The molecule has 3 aliphatic rings. The molecular formula is C48H61N3O6. The maximum Gasteiger partial charge on any atom is 0.160 e. The van der Waals surface area contributed by atoms with Gasteiger partial charge in [0.1, 0.15) is 17.5 Å². The van der Waals surface area contributed by atoms with Crippen LogP contribution in [0.4, 0.5) is 5.82 Å². The predicted octanol–water partition coefficient (Wildman–Crippen LogP) is 7.46. The molecule has 0 bridgehead atoms. The summed E-state index contributed by atoms with van der Waals surface area (Å²) in [5.41, 5.74) is 11.0. The topological polar surface area (TPSA) is 155 Å². The summed E-state index contributed by atoms with van der Waals surface area (Å²) in [6, 6.07) is 15.8. The van der Waals surface area contributed by atoms with Crippen molar-refractivity contribution in [3.05, 3.63) is 88.6 Å². The second-order valence-electron chi connectivity index (χ2n) is 16.5. The number of rotatable bonds is 16. The minimum atomic E-state index is -0.878. The number of aliphatic hydroxyl groups excluding tert-OH is 2. The van der Waals surface area contributed by atoms with Crippen LogP contribution in [0.25, 0.3) is 6.08 Å². The van der Waals surface area contributed by atoms with E-state index in [9.17, 15) is 24.9 Å². The van der Waals surface area contributed by atoms with Gasteiger partial charge in [-0.15, -0.1) is 0 Å². The van der Waals surface area contributed by atoms with Gasteiger partial charge in [-0.05, 0) is 122 Å². The number of nitrogen functional groups attached to an aromatic ring is 1. The number of aromatic hydroxyl groups is 1. The average molecular weight is 776 g/mol. The number of hydrogen-bond acceptors (Lipinski definition) is 9. The van der Waals surface area contributed by atoms with E-state index in [4.69, 9.17) is 10.5 Å². The number of piperidine rings is 1. The normalized spacial score (nSPS) is 23.9. The number of benzene rings is 2. The zero-order chi connectivity index (χ0) is 40.3. The van der Waals surface area contributed by atoms with Crippen molar-refractivity contribution in [2.75, 3.05) is 19.4 Å². The first-order valence-corrected chi connectivity index (χ1v) is 21.1. The number of aryl methyl sites for hydroxylation is 2. The van der Waals surface area contributed by atoms with Gasteiger partial charge in [0, 0.05) is 43.3 Å². The van der Waals surface area contributed by atoms with Crippen LogP contribution in [0.2, 0.25) is 0 Å². The number of carbonyl (C=O) groups is 2. The molecule has 0 spiro atoms. The second-order valence-corrected chi connectivity index (χ2v) is 16.5. The van der Waals surface area contributed by atoms with Gasteiger partial charge in [-0.1, -0.05) is 74.1 Å². The largest absolute Gasteiger partial charge is 0.504 e. The van der Waals surface area contributed by atoms with Gasteiger partial charge < -0.3 is 31.1 Å². The molecule has 1 saturated heterocycles. The van der Waals surface area contributed by atoms with Gasteiger partial charge in [0.15, 0.2) is 17.3 Å². The third-order valence-electron chi connectivity index (χ3n) is 12.5. The molecule has 304 valence electrons. The predicted molar refractivity (Wildman–Crippen MR) is 225 cm³/mol. The fourth-order valence-corrected chi connectivity index (χ4v) is 9.24. The van der Waals surface area contributed by atoms with Crippen LogP contribution >= 0.6 is 0 Å². The van der Waals surface area contributed by atoms with E-state index in [0.29, 0.717) is 80.2 Å². The number of unbranched alkanes of at least 4 members (excludes halogenated alkanes) is 1. The summed E-state index contributed by atoms with van der Waals surface area (Å²) < 4.78 is 5.44. The highest BCUT2D eigenvalue weighted by molar-refractivity contribution is 5.85. The average Bonchev–Trinajstić information content (AvgIpc) is 3.27. The SMILES string of the molecule is CCc1cnc(N)cc1[C@H](/C=C/c1ccccc1)C[C@H](O)CC[C@@H]1C#C[C@H]([C@H](O)CCCC[C@@H]2CN[C@@H]3CC(=O)CC[C@@H]3C2)C(=O)CCc2cc(OC)c(O)cc21. The molecule has 1 aromatic heterocycles. The van der Waals surface area contributed by atoms with Gasteiger partial charge in [0.25, 0.3) is 0 Å². The highest BCUT2D eigenvalue weighted by Gasteiger charge is 2.35. The van der Waals surface area contributed by atoms with E-state index in [0.717, 1.165) is 72.9 Å². The van der Waals surface area contributed by atoms with Crippen molar-refractivity contribution in [3.63, 3.8) is 0 Å². The lowest BCUT2D eigenvalue weighted by atomic mass is 9.74. The number of Topliss-reactive ketones (excluding diaryl/α,β-unsaturated/α-hetero) is 2. The molecule has 6 rings (SSSR count). The first-order chi connectivity index (χ1) is 27.6. The summed E-state index contributed by atoms with van der Waals surface area (Å²) in [5.74, 6) is 7.47. The van der Waals surface area contributed by atoms with Gasteiger partial charge >= 0.3 is 0 Å². The van der Waals surface area contributed by atoms with E-state index in [2.05, 4.69) is 41.2 Å². The molecule has 2 aliphatic carbocycles. The number of ketones is 2. The third kappa shape index (κ3) is 11.3. The number of nitrogens with two attached hydrogens (primary N) is 1. The highest BCUT2D eigenvalue weighted by atomic mass is 16.5. The van der Waals surface area contributed by atoms with Crippen molar-refractivity contribution in [3.8, 4) is 23.3 Å². The lowest BCUT2D eigenvalue weighted by Crippen LogP contribution is -2.48. The summed E-state index contributed by atoms with van der Waals surface area (Å²) in [6.07, 6.45) is 14.1. The number of aliphatic hydroxyl groups is 2. The summed E-state index contributed by atoms with van der Waals surface area (Å²) in [6.45, 7) is 3.02. The number of fused-ring (bicyclic) bond motifs is 2. The molecule has 3 aromatic rings.